The monoisotopic (exact) mass is 184 g/mol. The second kappa shape index (κ2) is 2.36. The van der Waals surface area contributed by atoms with Gasteiger partial charge >= 0.3 is 0 Å². The SMILES string of the molecule is Nc1snc2cccc(Cl)c12. The van der Waals surface area contributed by atoms with Crippen molar-refractivity contribution in [2.75, 3.05) is 5.73 Å². The topological polar surface area (TPSA) is 38.9 Å². The first-order valence-electron chi connectivity index (χ1n) is 3.08. The molecule has 0 saturated heterocycles. The molecule has 2 aromatic rings. The summed E-state index contributed by atoms with van der Waals surface area (Å²) in [5.74, 6) is 0. The van der Waals surface area contributed by atoms with E-state index >= 15 is 0 Å². The molecular formula is C7H5ClN2S. The van der Waals surface area contributed by atoms with E-state index in [0.29, 0.717) is 10.0 Å². The number of hydrogen-bond donors (Lipinski definition) is 1. The average Bonchev–Trinajstić information content (AvgIpc) is 2.34. The summed E-state index contributed by atoms with van der Waals surface area (Å²) in [6, 6.07) is 5.58. The third kappa shape index (κ3) is 0.968. The van der Waals surface area contributed by atoms with Crippen molar-refractivity contribution in [2.45, 2.75) is 0 Å². The van der Waals surface area contributed by atoms with Gasteiger partial charge in [0.25, 0.3) is 0 Å². The molecule has 0 unspecified atom stereocenters. The Hall–Kier alpha value is -0.800. The Balaban J connectivity index is 2.96. The van der Waals surface area contributed by atoms with Crippen LogP contribution in [-0.4, -0.2) is 4.37 Å². The third-order valence-corrected chi connectivity index (χ3v) is 2.48. The summed E-state index contributed by atoms with van der Waals surface area (Å²) in [7, 11) is 0. The molecule has 0 spiro atoms. The van der Waals surface area contributed by atoms with Gasteiger partial charge in [-0.1, -0.05) is 17.7 Å². The van der Waals surface area contributed by atoms with Crippen LogP contribution in [0.15, 0.2) is 18.2 Å². The van der Waals surface area contributed by atoms with E-state index < -0.39 is 0 Å². The molecule has 56 valence electrons. The molecule has 0 aliphatic heterocycles. The smallest absolute Gasteiger partial charge is 0.116 e. The van der Waals surface area contributed by atoms with Gasteiger partial charge in [-0.05, 0) is 23.7 Å². The van der Waals surface area contributed by atoms with Crippen LogP contribution in [0.4, 0.5) is 5.00 Å². The lowest BCUT2D eigenvalue weighted by atomic mass is 10.2. The van der Waals surface area contributed by atoms with Crippen molar-refractivity contribution in [1.29, 1.82) is 0 Å². The zero-order valence-electron chi connectivity index (χ0n) is 5.54. The van der Waals surface area contributed by atoms with Crippen LogP contribution >= 0.6 is 23.1 Å². The Bertz CT molecular complexity index is 396. The molecule has 0 bridgehead atoms. The molecular weight excluding hydrogens is 180 g/mol. The van der Waals surface area contributed by atoms with Gasteiger partial charge in [-0.3, -0.25) is 0 Å². The van der Waals surface area contributed by atoms with Crippen LogP contribution in [0.25, 0.3) is 10.9 Å². The number of rotatable bonds is 0. The molecule has 0 aliphatic rings. The first-order valence-corrected chi connectivity index (χ1v) is 4.23. The van der Waals surface area contributed by atoms with E-state index in [1.54, 1.807) is 0 Å². The summed E-state index contributed by atoms with van der Waals surface area (Å²) in [5, 5.41) is 2.23. The summed E-state index contributed by atoms with van der Waals surface area (Å²) in [5.41, 5.74) is 6.52. The van der Waals surface area contributed by atoms with Crippen LogP contribution < -0.4 is 5.73 Å². The summed E-state index contributed by atoms with van der Waals surface area (Å²) in [4.78, 5) is 0. The highest BCUT2D eigenvalue weighted by atomic mass is 35.5. The number of nitrogens with zero attached hydrogens (tertiary/aromatic N) is 1. The Morgan fingerprint density at radius 3 is 3.00 bits per heavy atom. The van der Waals surface area contributed by atoms with E-state index in [1.807, 2.05) is 18.2 Å². The number of hydrogen-bond acceptors (Lipinski definition) is 3. The van der Waals surface area contributed by atoms with E-state index in [-0.39, 0.29) is 0 Å². The molecule has 2 rings (SSSR count). The molecule has 0 atom stereocenters. The van der Waals surface area contributed by atoms with Crippen molar-refractivity contribution in [3.8, 4) is 0 Å². The van der Waals surface area contributed by atoms with Gasteiger partial charge in [0.05, 0.1) is 15.9 Å². The first kappa shape index (κ1) is 6.88. The van der Waals surface area contributed by atoms with E-state index in [9.17, 15) is 0 Å². The molecule has 11 heavy (non-hydrogen) atoms. The molecule has 0 amide bonds. The second-order valence-electron chi connectivity index (χ2n) is 2.18. The maximum Gasteiger partial charge on any atom is 0.116 e. The molecule has 4 heteroatoms. The molecule has 1 aromatic heterocycles. The summed E-state index contributed by atoms with van der Waals surface area (Å²) < 4.78 is 4.11. The molecule has 0 aliphatic carbocycles. The van der Waals surface area contributed by atoms with Gasteiger partial charge in [0, 0.05) is 0 Å². The third-order valence-electron chi connectivity index (χ3n) is 1.48. The van der Waals surface area contributed by atoms with Gasteiger partial charge in [0.1, 0.15) is 5.00 Å². The largest absolute Gasteiger partial charge is 0.389 e. The highest BCUT2D eigenvalue weighted by molar-refractivity contribution is 7.11. The van der Waals surface area contributed by atoms with E-state index in [2.05, 4.69) is 4.37 Å². The minimum Gasteiger partial charge on any atom is -0.389 e. The minimum absolute atomic E-state index is 0.675. The standard InChI is InChI=1S/C7H5ClN2S/c8-4-2-1-3-5-6(4)7(9)11-10-5/h1-3H,9H2. The second-order valence-corrected chi connectivity index (χ2v) is 3.39. The Morgan fingerprint density at radius 2 is 2.27 bits per heavy atom. The first-order chi connectivity index (χ1) is 5.29. The molecule has 2 nitrogen and oxygen atoms in total. The fourth-order valence-electron chi connectivity index (χ4n) is 0.977. The minimum atomic E-state index is 0.675. The van der Waals surface area contributed by atoms with Crippen molar-refractivity contribution in [3.63, 3.8) is 0 Å². The molecule has 2 N–H and O–H groups in total. The maximum absolute atomic E-state index is 5.89. The number of aromatic nitrogens is 1. The number of benzene rings is 1. The highest BCUT2D eigenvalue weighted by Gasteiger charge is 2.04. The molecule has 1 aromatic carbocycles. The highest BCUT2D eigenvalue weighted by Crippen LogP contribution is 2.30. The van der Waals surface area contributed by atoms with Crippen LogP contribution in [0, 0.1) is 0 Å². The Morgan fingerprint density at radius 1 is 1.45 bits per heavy atom. The molecule has 0 fully saturated rings. The number of nitrogen functional groups attached to an aromatic ring is 1. The number of anilines is 1. The molecule has 1 heterocycles. The van der Waals surface area contributed by atoms with E-state index in [0.717, 1.165) is 10.9 Å². The average molecular weight is 185 g/mol. The van der Waals surface area contributed by atoms with Gasteiger partial charge in [0.2, 0.25) is 0 Å². The predicted octanol–water partition coefficient (Wildman–Crippen LogP) is 2.53. The van der Waals surface area contributed by atoms with Crippen molar-refractivity contribution in [1.82, 2.24) is 4.37 Å². The lowest BCUT2D eigenvalue weighted by Crippen LogP contribution is -1.78. The van der Waals surface area contributed by atoms with Gasteiger partial charge in [-0.2, -0.15) is 4.37 Å². The zero-order chi connectivity index (χ0) is 7.84. The van der Waals surface area contributed by atoms with Crippen molar-refractivity contribution >= 4 is 39.0 Å². The van der Waals surface area contributed by atoms with Crippen LogP contribution in [-0.2, 0) is 0 Å². The normalized spacial score (nSPS) is 10.6. The molecule has 0 radical (unpaired) electrons. The van der Waals surface area contributed by atoms with Crippen molar-refractivity contribution in [2.24, 2.45) is 0 Å². The van der Waals surface area contributed by atoms with E-state index in [4.69, 9.17) is 17.3 Å². The van der Waals surface area contributed by atoms with Gasteiger partial charge in [-0.15, -0.1) is 0 Å². The zero-order valence-corrected chi connectivity index (χ0v) is 7.12. The van der Waals surface area contributed by atoms with Crippen LogP contribution in [0.2, 0.25) is 5.02 Å². The van der Waals surface area contributed by atoms with E-state index in [1.165, 1.54) is 11.5 Å². The number of nitrogens with two attached hydrogens (primary N) is 1. The van der Waals surface area contributed by atoms with Gasteiger partial charge < -0.3 is 5.73 Å². The number of halogens is 1. The van der Waals surface area contributed by atoms with Crippen molar-refractivity contribution < 1.29 is 0 Å². The van der Waals surface area contributed by atoms with Crippen LogP contribution in [0.1, 0.15) is 0 Å². The molecule has 0 saturated carbocycles. The van der Waals surface area contributed by atoms with Crippen molar-refractivity contribution in [3.05, 3.63) is 23.2 Å². The quantitative estimate of drug-likeness (QED) is 0.684. The predicted molar refractivity (Wildman–Crippen MR) is 49.0 cm³/mol. The number of fused-ring (bicyclic) bond motifs is 1. The van der Waals surface area contributed by atoms with Gasteiger partial charge in [-0.25, -0.2) is 0 Å². The Labute approximate surface area is 72.8 Å². The lowest BCUT2D eigenvalue weighted by Gasteiger charge is -1.91. The lowest BCUT2D eigenvalue weighted by molar-refractivity contribution is 1.66. The fraction of sp³-hybridized carbons (Fsp3) is 0. The van der Waals surface area contributed by atoms with Gasteiger partial charge in [0.15, 0.2) is 0 Å². The summed E-state index contributed by atoms with van der Waals surface area (Å²) in [6.07, 6.45) is 0. The summed E-state index contributed by atoms with van der Waals surface area (Å²) >= 11 is 7.17. The fourth-order valence-corrected chi connectivity index (χ4v) is 1.96. The maximum atomic E-state index is 5.89. The summed E-state index contributed by atoms with van der Waals surface area (Å²) in [6.45, 7) is 0. The van der Waals surface area contributed by atoms with Crippen LogP contribution in [0.5, 0.6) is 0 Å². The van der Waals surface area contributed by atoms with Crippen LogP contribution in [0.3, 0.4) is 0 Å². The Kier molecular flexibility index (Phi) is 1.47.